The molecule has 2 N–H and O–H groups in total. The van der Waals surface area contributed by atoms with Crippen LogP contribution in [-0.2, 0) is 9.53 Å². The predicted octanol–water partition coefficient (Wildman–Crippen LogP) is 0.770. The fraction of sp³-hybridized carbons (Fsp3) is 0.750. The van der Waals surface area contributed by atoms with E-state index in [0.717, 1.165) is 32.4 Å². The molecule has 1 amide bonds. The van der Waals surface area contributed by atoms with Gasteiger partial charge in [-0.1, -0.05) is 13.3 Å². The van der Waals surface area contributed by atoms with Crippen LogP contribution in [0.5, 0.6) is 0 Å². The number of aromatic amines is 1. The summed E-state index contributed by atoms with van der Waals surface area (Å²) >= 11 is 0. The lowest BCUT2D eigenvalue weighted by Crippen LogP contribution is -2.39. The van der Waals surface area contributed by atoms with Crippen LogP contribution < -0.4 is 10.2 Å². The molecule has 1 saturated carbocycles. The van der Waals surface area contributed by atoms with Crippen LogP contribution in [0.25, 0.3) is 0 Å². The van der Waals surface area contributed by atoms with Gasteiger partial charge in [0.25, 0.3) is 0 Å². The summed E-state index contributed by atoms with van der Waals surface area (Å²) in [6.07, 6.45) is 3.02. The Labute approximate surface area is 111 Å². The van der Waals surface area contributed by atoms with E-state index in [1.54, 1.807) is 0 Å². The van der Waals surface area contributed by atoms with Crippen LogP contribution in [0, 0.1) is 5.41 Å². The first-order valence-corrected chi connectivity index (χ1v) is 6.74. The Morgan fingerprint density at radius 3 is 2.79 bits per heavy atom. The van der Waals surface area contributed by atoms with Gasteiger partial charge in [0.2, 0.25) is 17.8 Å². The summed E-state index contributed by atoms with van der Waals surface area (Å²) in [6.45, 7) is 4.93. The standard InChI is InChI=1S/C12H19N5O2/c1-12(3-2-4-12)9(18)13-10-14-11(16-15-10)17-5-7-19-8-6-17/h2-8H2,1H3,(H2,13,14,15,16,18). The first-order chi connectivity index (χ1) is 9.17. The van der Waals surface area contributed by atoms with Gasteiger partial charge in [-0.15, -0.1) is 5.10 Å². The number of aromatic nitrogens is 3. The molecule has 1 saturated heterocycles. The molecule has 2 fully saturated rings. The number of hydrogen-bond acceptors (Lipinski definition) is 5. The molecular weight excluding hydrogens is 246 g/mol. The summed E-state index contributed by atoms with van der Waals surface area (Å²) in [5, 5.41) is 9.73. The van der Waals surface area contributed by atoms with Crippen molar-refractivity contribution in [3.8, 4) is 0 Å². The van der Waals surface area contributed by atoms with E-state index in [-0.39, 0.29) is 11.3 Å². The van der Waals surface area contributed by atoms with Crippen LogP contribution in [0.3, 0.4) is 0 Å². The molecule has 0 bridgehead atoms. The number of ether oxygens (including phenoxy) is 1. The van der Waals surface area contributed by atoms with E-state index in [4.69, 9.17) is 4.74 Å². The Morgan fingerprint density at radius 1 is 1.42 bits per heavy atom. The second kappa shape index (κ2) is 4.80. The molecule has 1 aliphatic carbocycles. The zero-order chi connectivity index (χ0) is 13.3. The number of amides is 1. The minimum atomic E-state index is -0.230. The molecule has 2 aliphatic rings. The van der Waals surface area contributed by atoms with Gasteiger partial charge in [0, 0.05) is 18.5 Å². The highest BCUT2D eigenvalue weighted by atomic mass is 16.5. The quantitative estimate of drug-likeness (QED) is 0.843. The summed E-state index contributed by atoms with van der Waals surface area (Å²) in [6, 6.07) is 0. The Balaban J connectivity index is 1.62. The van der Waals surface area contributed by atoms with Gasteiger partial charge in [-0.3, -0.25) is 10.1 Å². The van der Waals surface area contributed by atoms with E-state index in [1.807, 2.05) is 11.8 Å². The zero-order valence-corrected chi connectivity index (χ0v) is 11.1. The number of H-pyrrole nitrogens is 1. The summed E-state index contributed by atoms with van der Waals surface area (Å²) in [5.41, 5.74) is -0.230. The predicted molar refractivity (Wildman–Crippen MR) is 70.0 cm³/mol. The first kappa shape index (κ1) is 12.4. The third-order valence-electron chi connectivity index (χ3n) is 4.00. The number of rotatable bonds is 3. The third kappa shape index (κ3) is 2.42. The van der Waals surface area contributed by atoms with Crippen molar-refractivity contribution < 1.29 is 9.53 Å². The second-order valence-corrected chi connectivity index (χ2v) is 5.45. The van der Waals surface area contributed by atoms with Crippen molar-refractivity contribution in [2.75, 3.05) is 36.5 Å². The molecular formula is C12H19N5O2. The molecule has 0 unspecified atom stereocenters. The van der Waals surface area contributed by atoms with Gasteiger partial charge in [0.05, 0.1) is 13.2 Å². The second-order valence-electron chi connectivity index (χ2n) is 5.45. The van der Waals surface area contributed by atoms with Gasteiger partial charge in [-0.25, -0.2) is 5.10 Å². The van der Waals surface area contributed by atoms with Gasteiger partial charge in [0.15, 0.2) is 0 Å². The number of hydrogen-bond donors (Lipinski definition) is 2. The molecule has 0 atom stereocenters. The molecule has 2 heterocycles. The Morgan fingerprint density at radius 2 is 2.16 bits per heavy atom. The minimum Gasteiger partial charge on any atom is -0.378 e. The van der Waals surface area contributed by atoms with Crippen LogP contribution in [0.2, 0.25) is 0 Å². The fourth-order valence-electron chi connectivity index (χ4n) is 2.41. The van der Waals surface area contributed by atoms with E-state index in [9.17, 15) is 4.79 Å². The van der Waals surface area contributed by atoms with Gasteiger partial charge in [-0.2, -0.15) is 4.98 Å². The smallest absolute Gasteiger partial charge is 0.246 e. The number of morpholine rings is 1. The summed E-state index contributed by atoms with van der Waals surface area (Å²) < 4.78 is 5.28. The van der Waals surface area contributed by atoms with Crippen molar-refractivity contribution in [3.63, 3.8) is 0 Å². The van der Waals surface area contributed by atoms with E-state index in [1.165, 1.54) is 0 Å². The van der Waals surface area contributed by atoms with Crippen LogP contribution >= 0.6 is 0 Å². The maximum Gasteiger partial charge on any atom is 0.246 e. The molecule has 7 nitrogen and oxygen atoms in total. The third-order valence-corrected chi connectivity index (χ3v) is 4.00. The van der Waals surface area contributed by atoms with E-state index in [0.29, 0.717) is 25.1 Å². The topological polar surface area (TPSA) is 83.1 Å². The Hall–Kier alpha value is -1.63. The van der Waals surface area contributed by atoms with Gasteiger partial charge >= 0.3 is 0 Å². The van der Waals surface area contributed by atoms with Crippen molar-refractivity contribution >= 4 is 17.8 Å². The highest BCUT2D eigenvalue weighted by molar-refractivity contribution is 5.94. The van der Waals surface area contributed by atoms with Crippen LogP contribution in [-0.4, -0.2) is 47.4 Å². The number of nitrogens with one attached hydrogen (secondary N) is 2. The molecule has 0 radical (unpaired) electrons. The van der Waals surface area contributed by atoms with E-state index < -0.39 is 0 Å². The minimum absolute atomic E-state index is 0.0310. The van der Waals surface area contributed by atoms with E-state index >= 15 is 0 Å². The Bertz CT molecular complexity index is 462. The summed E-state index contributed by atoms with van der Waals surface area (Å²) in [4.78, 5) is 18.4. The van der Waals surface area contributed by atoms with Gasteiger partial charge < -0.3 is 9.64 Å². The monoisotopic (exact) mass is 265 g/mol. The molecule has 1 aromatic rings. The number of carbonyl (C=O) groups is 1. The lowest BCUT2D eigenvalue weighted by atomic mass is 9.70. The maximum atomic E-state index is 12.1. The summed E-state index contributed by atoms with van der Waals surface area (Å²) in [7, 11) is 0. The fourth-order valence-corrected chi connectivity index (χ4v) is 2.41. The average Bonchev–Trinajstić information content (AvgIpc) is 2.85. The highest BCUT2D eigenvalue weighted by Gasteiger charge is 2.39. The van der Waals surface area contributed by atoms with Crippen molar-refractivity contribution in [2.24, 2.45) is 5.41 Å². The van der Waals surface area contributed by atoms with Crippen molar-refractivity contribution in [3.05, 3.63) is 0 Å². The summed E-state index contributed by atoms with van der Waals surface area (Å²) in [5.74, 6) is 1.08. The van der Waals surface area contributed by atoms with Crippen molar-refractivity contribution in [1.82, 2.24) is 15.2 Å². The largest absolute Gasteiger partial charge is 0.378 e. The lowest BCUT2D eigenvalue weighted by Gasteiger charge is -2.36. The molecule has 0 aromatic carbocycles. The molecule has 19 heavy (non-hydrogen) atoms. The number of nitrogens with zero attached hydrogens (tertiary/aromatic N) is 3. The van der Waals surface area contributed by atoms with E-state index in [2.05, 4.69) is 20.5 Å². The molecule has 1 aliphatic heterocycles. The average molecular weight is 265 g/mol. The normalized spacial score (nSPS) is 21.8. The lowest BCUT2D eigenvalue weighted by molar-refractivity contribution is -0.128. The number of carbonyl (C=O) groups excluding carboxylic acids is 1. The highest BCUT2D eigenvalue weighted by Crippen LogP contribution is 2.40. The molecule has 1 aromatic heterocycles. The van der Waals surface area contributed by atoms with Crippen molar-refractivity contribution in [2.45, 2.75) is 26.2 Å². The maximum absolute atomic E-state index is 12.1. The van der Waals surface area contributed by atoms with Gasteiger partial charge in [-0.05, 0) is 12.8 Å². The Kier molecular flexibility index (Phi) is 3.14. The van der Waals surface area contributed by atoms with Crippen LogP contribution in [0.4, 0.5) is 11.9 Å². The molecule has 7 heteroatoms. The number of anilines is 2. The SMILES string of the molecule is CC1(C(=O)Nc2nc(N3CCOCC3)n[nH]2)CCC1. The van der Waals surface area contributed by atoms with Crippen LogP contribution in [0.1, 0.15) is 26.2 Å². The molecule has 3 rings (SSSR count). The first-order valence-electron chi connectivity index (χ1n) is 6.74. The molecule has 104 valence electrons. The van der Waals surface area contributed by atoms with Crippen LogP contribution in [0.15, 0.2) is 0 Å². The van der Waals surface area contributed by atoms with Gasteiger partial charge in [0.1, 0.15) is 0 Å². The zero-order valence-electron chi connectivity index (χ0n) is 11.1. The van der Waals surface area contributed by atoms with Crippen molar-refractivity contribution in [1.29, 1.82) is 0 Å². The molecule has 0 spiro atoms.